The molecule has 0 heterocycles. The molecule has 2 nitrogen and oxygen atoms in total. The van der Waals surface area contributed by atoms with Gasteiger partial charge in [-0.2, -0.15) is 17.0 Å². The number of rotatable bonds is 6. The Kier molecular flexibility index (Phi) is 5.71. The van der Waals surface area contributed by atoms with E-state index in [-0.39, 0.29) is 0 Å². The summed E-state index contributed by atoms with van der Waals surface area (Å²) >= 11 is 1.86. The number of nitriles is 1. The Labute approximate surface area is 130 Å². The van der Waals surface area contributed by atoms with Crippen LogP contribution in [0.15, 0.2) is 42.5 Å². The van der Waals surface area contributed by atoms with Crippen molar-refractivity contribution in [3.63, 3.8) is 0 Å². The smallest absolute Gasteiger partial charge is 0.120 e. The predicted octanol–water partition coefficient (Wildman–Crippen LogP) is 4.49. The molecule has 2 aromatic carbocycles. The average Bonchev–Trinajstić information content (AvgIpc) is 2.46. The number of benzene rings is 2. The Morgan fingerprint density at radius 2 is 1.86 bits per heavy atom. The second-order valence-electron chi connectivity index (χ2n) is 5.04. The van der Waals surface area contributed by atoms with Crippen molar-refractivity contribution in [1.29, 1.82) is 5.26 Å². The molecule has 0 bridgehead atoms. The number of hydrogen-bond donors (Lipinski definition) is 0. The maximum Gasteiger partial charge on any atom is 0.120 e. The van der Waals surface area contributed by atoms with E-state index >= 15 is 0 Å². The van der Waals surface area contributed by atoms with Crippen LogP contribution in [0.3, 0.4) is 0 Å². The first-order valence-electron chi connectivity index (χ1n) is 6.95. The number of ether oxygens (including phenoxy) is 1. The first-order valence-corrected chi connectivity index (χ1v) is 8.11. The monoisotopic (exact) mass is 297 g/mol. The van der Waals surface area contributed by atoms with Gasteiger partial charge in [0.2, 0.25) is 0 Å². The van der Waals surface area contributed by atoms with Gasteiger partial charge in [-0.15, -0.1) is 0 Å². The number of hydrogen-bond acceptors (Lipinski definition) is 3. The maximum atomic E-state index is 8.83. The molecule has 0 saturated heterocycles. The van der Waals surface area contributed by atoms with E-state index in [4.69, 9.17) is 10.00 Å². The normalized spacial score (nSPS) is 10.1. The van der Waals surface area contributed by atoms with Gasteiger partial charge in [0.25, 0.3) is 0 Å². The lowest BCUT2D eigenvalue weighted by molar-refractivity contribution is 0.344. The second kappa shape index (κ2) is 7.75. The van der Waals surface area contributed by atoms with E-state index in [0.717, 1.165) is 17.3 Å². The SMILES string of the molecule is Cc1cc(C)cc(CSCCOc2cccc(C#N)c2)c1. The van der Waals surface area contributed by atoms with Gasteiger partial charge >= 0.3 is 0 Å². The summed E-state index contributed by atoms with van der Waals surface area (Å²) in [5.74, 6) is 2.70. The van der Waals surface area contributed by atoms with Crippen LogP contribution >= 0.6 is 11.8 Å². The fourth-order valence-corrected chi connectivity index (χ4v) is 2.96. The van der Waals surface area contributed by atoms with Gasteiger partial charge in [0.05, 0.1) is 18.2 Å². The molecular formula is C18H19NOS. The molecule has 0 atom stereocenters. The zero-order valence-corrected chi connectivity index (χ0v) is 13.2. The highest BCUT2D eigenvalue weighted by molar-refractivity contribution is 7.98. The summed E-state index contributed by atoms with van der Waals surface area (Å²) in [6.45, 7) is 4.92. The van der Waals surface area contributed by atoms with Crippen molar-refractivity contribution in [2.45, 2.75) is 19.6 Å². The molecule has 108 valence electrons. The Bertz CT molecular complexity index is 626. The number of nitrogens with zero attached hydrogens (tertiary/aromatic N) is 1. The van der Waals surface area contributed by atoms with Gasteiger partial charge in [-0.25, -0.2) is 0 Å². The highest BCUT2D eigenvalue weighted by Crippen LogP contribution is 2.17. The molecule has 0 amide bonds. The molecule has 0 aliphatic heterocycles. The molecule has 0 fully saturated rings. The summed E-state index contributed by atoms with van der Waals surface area (Å²) in [6.07, 6.45) is 0. The van der Waals surface area contributed by atoms with Crippen molar-refractivity contribution in [2.75, 3.05) is 12.4 Å². The molecule has 0 unspecified atom stereocenters. The minimum Gasteiger partial charge on any atom is -0.493 e. The van der Waals surface area contributed by atoms with Gasteiger partial charge in [-0.05, 0) is 37.6 Å². The summed E-state index contributed by atoms with van der Waals surface area (Å²) in [4.78, 5) is 0. The standard InChI is InChI=1S/C18H19NOS/c1-14-8-15(2)10-17(9-14)13-21-7-6-20-18-5-3-4-16(11-18)12-19/h3-5,8-11H,6-7,13H2,1-2H3. The van der Waals surface area contributed by atoms with Crippen molar-refractivity contribution >= 4 is 11.8 Å². The van der Waals surface area contributed by atoms with E-state index in [1.165, 1.54) is 16.7 Å². The van der Waals surface area contributed by atoms with Crippen molar-refractivity contribution in [1.82, 2.24) is 0 Å². The van der Waals surface area contributed by atoms with Gasteiger partial charge in [0.15, 0.2) is 0 Å². The Morgan fingerprint density at radius 3 is 2.57 bits per heavy atom. The van der Waals surface area contributed by atoms with Crippen LogP contribution in [0.2, 0.25) is 0 Å². The third-order valence-corrected chi connectivity index (χ3v) is 4.00. The molecule has 21 heavy (non-hydrogen) atoms. The third-order valence-electron chi connectivity index (χ3n) is 3.01. The third kappa shape index (κ3) is 5.17. The molecule has 0 aliphatic carbocycles. The predicted molar refractivity (Wildman–Crippen MR) is 88.7 cm³/mol. The highest BCUT2D eigenvalue weighted by atomic mass is 32.2. The summed E-state index contributed by atoms with van der Waals surface area (Å²) in [5, 5.41) is 8.83. The van der Waals surface area contributed by atoms with E-state index in [2.05, 4.69) is 38.1 Å². The van der Waals surface area contributed by atoms with Gasteiger partial charge in [-0.1, -0.05) is 35.4 Å². The van der Waals surface area contributed by atoms with E-state index in [0.29, 0.717) is 12.2 Å². The molecule has 0 radical (unpaired) electrons. The molecule has 3 heteroatoms. The van der Waals surface area contributed by atoms with Gasteiger partial charge < -0.3 is 4.74 Å². The highest BCUT2D eigenvalue weighted by Gasteiger charge is 1.99. The summed E-state index contributed by atoms with van der Waals surface area (Å²) in [6, 6.07) is 16.1. The first-order chi connectivity index (χ1) is 10.2. The van der Waals surface area contributed by atoms with Crippen molar-refractivity contribution < 1.29 is 4.74 Å². The maximum absolute atomic E-state index is 8.83. The van der Waals surface area contributed by atoms with E-state index < -0.39 is 0 Å². The van der Waals surface area contributed by atoms with Crippen LogP contribution in [-0.2, 0) is 5.75 Å². The minimum atomic E-state index is 0.635. The molecular weight excluding hydrogens is 278 g/mol. The molecule has 0 N–H and O–H groups in total. The van der Waals surface area contributed by atoms with Crippen LogP contribution < -0.4 is 4.74 Å². The van der Waals surface area contributed by atoms with Gasteiger partial charge in [-0.3, -0.25) is 0 Å². The quantitative estimate of drug-likeness (QED) is 0.737. The molecule has 0 aliphatic rings. The van der Waals surface area contributed by atoms with Crippen molar-refractivity contribution in [2.24, 2.45) is 0 Å². The van der Waals surface area contributed by atoms with Crippen LogP contribution in [-0.4, -0.2) is 12.4 Å². The molecule has 0 spiro atoms. The van der Waals surface area contributed by atoms with Crippen LogP contribution in [0.1, 0.15) is 22.3 Å². The second-order valence-corrected chi connectivity index (χ2v) is 6.14. The van der Waals surface area contributed by atoms with E-state index in [1.54, 1.807) is 12.1 Å². The summed E-state index contributed by atoms with van der Waals surface area (Å²) in [5.41, 5.74) is 4.63. The summed E-state index contributed by atoms with van der Waals surface area (Å²) in [7, 11) is 0. The zero-order valence-electron chi connectivity index (χ0n) is 12.4. The number of thioether (sulfide) groups is 1. The van der Waals surface area contributed by atoms with Gasteiger partial charge in [0.1, 0.15) is 5.75 Å². The topological polar surface area (TPSA) is 33.0 Å². The zero-order chi connectivity index (χ0) is 15.1. The van der Waals surface area contributed by atoms with Crippen LogP contribution in [0.25, 0.3) is 0 Å². The van der Waals surface area contributed by atoms with Crippen LogP contribution in [0.4, 0.5) is 0 Å². The number of aryl methyl sites for hydroxylation is 2. The van der Waals surface area contributed by atoms with Gasteiger partial charge in [0, 0.05) is 11.5 Å². The lowest BCUT2D eigenvalue weighted by Crippen LogP contribution is -2.00. The van der Waals surface area contributed by atoms with Crippen molar-refractivity contribution in [3.05, 3.63) is 64.7 Å². The summed E-state index contributed by atoms with van der Waals surface area (Å²) < 4.78 is 5.66. The fraction of sp³-hybridized carbons (Fsp3) is 0.278. The molecule has 2 aromatic rings. The minimum absolute atomic E-state index is 0.635. The Hall–Kier alpha value is -1.92. The lowest BCUT2D eigenvalue weighted by Gasteiger charge is -2.07. The van der Waals surface area contributed by atoms with Crippen molar-refractivity contribution in [3.8, 4) is 11.8 Å². The van der Waals surface area contributed by atoms with Crippen LogP contribution in [0.5, 0.6) is 5.75 Å². The van der Waals surface area contributed by atoms with E-state index in [1.807, 2.05) is 23.9 Å². The average molecular weight is 297 g/mol. The molecule has 0 saturated carbocycles. The Balaban J connectivity index is 1.73. The van der Waals surface area contributed by atoms with Crippen LogP contribution in [0, 0.1) is 25.2 Å². The lowest BCUT2D eigenvalue weighted by atomic mass is 10.1. The first kappa shape index (κ1) is 15.5. The molecule has 2 rings (SSSR count). The molecule has 0 aromatic heterocycles. The van der Waals surface area contributed by atoms with E-state index in [9.17, 15) is 0 Å². The Morgan fingerprint density at radius 1 is 1.10 bits per heavy atom. The fourth-order valence-electron chi connectivity index (χ4n) is 2.22. The largest absolute Gasteiger partial charge is 0.493 e.